The number of fused-ring (bicyclic) bond motifs is 1. The Bertz CT molecular complexity index is 501. The van der Waals surface area contributed by atoms with Crippen LogP contribution in [0.15, 0.2) is 36.9 Å². The van der Waals surface area contributed by atoms with E-state index >= 15 is 0 Å². The lowest BCUT2D eigenvalue weighted by Crippen LogP contribution is -1.76. The molecule has 0 fully saturated rings. The van der Waals surface area contributed by atoms with Crippen molar-refractivity contribution in [1.82, 2.24) is 0 Å². The number of hydrogen-bond donors (Lipinski definition) is 2. The summed E-state index contributed by atoms with van der Waals surface area (Å²) < 4.78 is 0. The highest BCUT2D eigenvalue weighted by molar-refractivity contribution is 5.87. The van der Waals surface area contributed by atoms with Crippen LogP contribution in [0.3, 0.4) is 0 Å². The molecular weight excluding hydrogens is 176 g/mol. The molecule has 0 atom stereocenters. The molecule has 0 spiro atoms. The van der Waals surface area contributed by atoms with Crippen LogP contribution in [-0.2, 0) is 0 Å². The van der Waals surface area contributed by atoms with Crippen LogP contribution in [0.5, 0.6) is 11.5 Å². The van der Waals surface area contributed by atoms with Crippen LogP contribution in [0.25, 0.3) is 16.8 Å². The number of phenols is 2. The van der Waals surface area contributed by atoms with Gasteiger partial charge in [-0.1, -0.05) is 24.8 Å². The van der Waals surface area contributed by atoms with E-state index in [1.54, 1.807) is 6.08 Å². The predicted molar refractivity (Wildman–Crippen MR) is 57.4 cm³/mol. The zero-order valence-electron chi connectivity index (χ0n) is 7.57. The number of hydrogen-bond acceptors (Lipinski definition) is 2. The van der Waals surface area contributed by atoms with Gasteiger partial charge in [-0.25, -0.2) is 0 Å². The molecular formula is C12H10O2. The largest absolute Gasteiger partial charge is 0.504 e. The Hall–Kier alpha value is -1.96. The standard InChI is InChI=1S/C12H10O2/c1-2-8-3-4-9-6-11(13)12(14)7-10(9)5-8/h2-7,13-14H,1H2. The van der Waals surface area contributed by atoms with Crippen molar-refractivity contribution in [3.8, 4) is 11.5 Å². The van der Waals surface area contributed by atoms with Crippen LogP contribution in [0.4, 0.5) is 0 Å². The zero-order valence-corrected chi connectivity index (χ0v) is 7.57. The second-order valence-electron chi connectivity index (χ2n) is 3.15. The van der Waals surface area contributed by atoms with Crippen molar-refractivity contribution in [2.24, 2.45) is 0 Å². The lowest BCUT2D eigenvalue weighted by molar-refractivity contribution is 0.405. The Morgan fingerprint density at radius 3 is 2.21 bits per heavy atom. The summed E-state index contributed by atoms with van der Waals surface area (Å²) in [7, 11) is 0. The van der Waals surface area contributed by atoms with Crippen molar-refractivity contribution in [3.05, 3.63) is 42.5 Å². The van der Waals surface area contributed by atoms with Gasteiger partial charge in [-0.15, -0.1) is 0 Å². The monoisotopic (exact) mass is 186 g/mol. The third-order valence-electron chi connectivity index (χ3n) is 2.19. The van der Waals surface area contributed by atoms with E-state index < -0.39 is 0 Å². The Labute approximate surface area is 81.7 Å². The third kappa shape index (κ3) is 1.31. The predicted octanol–water partition coefficient (Wildman–Crippen LogP) is 2.89. The highest BCUT2D eigenvalue weighted by Crippen LogP contribution is 2.30. The lowest BCUT2D eigenvalue weighted by atomic mass is 10.1. The van der Waals surface area contributed by atoms with Crippen LogP contribution in [-0.4, -0.2) is 10.2 Å². The van der Waals surface area contributed by atoms with Gasteiger partial charge < -0.3 is 10.2 Å². The van der Waals surface area contributed by atoms with Gasteiger partial charge in [0.25, 0.3) is 0 Å². The van der Waals surface area contributed by atoms with Crippen LogP contribution in [0, 0.1) is 0 Å². The Kier molecular flexibility index (Phi) is 1.89. The van der Waals surface area contributed by atoms with E-state index in [1.165, 1.54) is 12.1 Å². The van der Waals surface area contributed by atoms with Crippen molar-refractivity contribution in [3.63, 3.8) is 0 Å². The highest BCUT2D eigenvalue weighted by atomic mass is 16.3. The quantitative estimate of drug-likeness (QED) is 0.672. The van der Waals surface area contributed by atoms with Crippen molar-refractivity contribution in [1.29, 1.82) is 0 Å². The fourth-order valence-corrected chi connectivity index (χ4v) is 1.42. The van der Waals surface area contributed by atoms with Gasteiger partial charge in [0.1, 0.15) is 0 Å². The molecule has 2 rings (SSSR count). The van der Waals surface area contributed by atoms with Crippen molar-refractivity contribution in [2.75, 3.05) is 0 Å². The molecule has 2 heteroatoms. The minimum Gasteiger partial charge on any atom is -0.504 e. The zero-order chi connectivity index (χ0) is 10.1. The third-order valence-corrected chi connectivity index (χ3v) is 2.19. The summed E-state index contributed by atoms with van der Waals surface area (Å²) in [5.41, 5.74) is 0.989. The van der Waals surface area contributed by atoms with Gasteiger partial charge in [0.2, 0.25) is 0 Å². The summed E-state index contributed by atoms with van der Waals surface area (Å²) in [5.74, 6) is -0.192. The minimum absolute atomic E-state index is 0.0937. The molecule has 0 aliphatic carbocycles. The maximum absolute atomic E-state index is 9.31. The SMILES string of the molecule is C=Cc1ccc2cc(O)c(O)cc2c1. The molecule has 0 aromatic heterocycles. The summed E-state index contributed by atoms with van der Waals surface area (Å²) in [4.78, 5) is 0. The average Bonchev–Trinajstić information content (AvgIpc) is 2.19. The van der Waals surface area contributed by atoms with Crippen molar-refractivity contribution < 1.29 is 10.2 Å². The average molecular weight is 186 g/mol. The van der Waals surface area contributed by atoms with Gasteiger partial charge in [0.05, 0.1) is 0 Å². The van der Waals surface area contributed by atoms with Crippen molar-refractivity contribution in [2.45, 2.75) is 0 Å². The summed E-state index contributed by atoms with van der Waals surface area (Å²) >= 11 is 0. The number of rotatable bonds is 1. The van der Waals surface area contributed by atoms with Gasteiger partial charge in [-0.3, -0.25) is 0 Å². The molecule has 2 nitrogen and oxygen atoms in total. The van der Waals surface area contributed by atoms with E-state index in [-0.39, 0.29) is 11.5 Å². The molecule has 0 aliphatic rings. The van der Waals surface area contributed by atoms with Crippen LogP contribution < -0.4 is 0 Å². The molecule has 0 aliphatic heterocycles. The molecule has 14 heavy (non-hydrogen) atoms. The molecule has 0 heterocycles. The van der Waals surface area contributed by atoms with Gasteiger partial charge in [0.15, 0.2) is 11.5 Å². The van der Waals surface area contributed by atoms with Gasteiger partial charge in [-0.2, -0.15) is 0 Å². The van der Waals surface area contributed by atoms with E-state index in [4.69, 9.17) is 0 Å². The molecule has 0 saturated heterocycles. The van der Waals surface area contributed by atoms with E-state index in [0.717, 1.165) is 16.3 Å². The fourth-order valence-electron chi connectivity index (χ4n) is 1.42. The first-order chi connectivity index (χ1) is 6.70. The molecule has 2 N–H and O–H groups in total. The molecule has 2 aromatic carbocycles. The lowest BCUT2D eigenvalue weighted by Gasteiger charge is -2.02. The molecule has 0 amide bonds. The van der Waals surface area contributed by atoms with Crippen LogP contribution in [0.2, 0.25) is 0 Å². The normalized spacial score (nSPS) is 10.3. The van der Waals surface area contributed by atoms with Crippen LogP contribution >= 0.6 is 0 Å². The Morgan fingerprint density at radius 1 is 0.929 bits per heavy atom. The molecule has 0 saturated carbocycles. The smallest absolute Gasteiger partial charge is 0.158 e. The van der Waals surface area contributed by atoms with Gasteiger partial charge in [0, 0.05) is 0 Å². The molecule has 0 radical (unpaired) electrons. The molecule has 0 bridgehead atoms. The number of benzene rings is 2. The van der Waals surface area contributed by atoms with Gasteiger partial charge >= 0.3 is 0 Å². The maximum atomic E-state index is 9.31. The molecule has 0 unspecified atom stereocenters. The number of aromatic hydroxyl groups is 2. The maximum Gasteiger partial charge on any atom is 0.158 e. The first kappa shape index (κ1) is 8.63. The topological polar surface area (TPSA) is 40.5 Å². The van der Waals surface area contributed by atoms with E-state index in [0.29, 0.717) is 0 Å². The van der Waals surface area contributed by atoms with E-state index in [9.17, 15) is 10.2 Å². The summed E-state index contributed by atoms with van der Waals surface area (Å²) in [6.07, 6.45) is 1.74. The Balaban J connectivity index is 2.76. The van der Waals surface area contributed by atoms with Crippen molar-refractivity contribution >= 4 is 16.8 Å². The molecule has 70 valence electrons. The van der Waals surface area contributed by atoms with Crippen LogP contribution in [0.1, 0.15) is 5.56 Å². The molecule has 2 aromatic rings. The number of phenolic OH excluding ortho intramolecular Hbond substituents is 2. The first-order valence-electron chi connectivity index (χ1n) is 4.29. The summed E-state index contributed by atoms with van der Waals surface area (Å²) in [6.45, 7) is 3.67. The second kappa shape index (κ2) is 3.07. The summed E-state index contributed by atoms with van der Waals surface area (Å²) in [6, 6.07) is 8.77. The Morgan fingerprint density at radius 2 is 1.57 bits per heavy atom. The van der Waals surface area contributed by atoms with Gasteiger partial charge in [-0.05, 0) is 34.5 Å². The minimum atomic E-state index is -0.0984. The second-order valence-corrected chi connectivity index (χ2v) is 3.15. The summed E-state index contributed by atoms with van der Waals surface area (Å²) in [5, 5.41) is 20.4. The fraction of sp³-hybridized carbons (Fsp3) is 0. The van der Waals surface area contributed by atoms with E-state index in [2.05, 4.69) is 6.58 Å². The van der Waals surface area contributed by atoms with E-state index in [1.807, 2.05) is 18.2 Å². The first-order valence-corrected chi connectivity index (χ1v) is 4.29. The highest BCUT2D eigenvalue weighted by Gasteiger charge is 2.01.